The summed E-state index contributed by atoms with van der Waals surface area (Å²) < 4.78 is 1.05. The molecule has 5 nitrogen and oxygen atoms in total. The molecule has 0 saturated carbocycles. The predicted octanol–water partition coefficient (Wildman–Crippen LogP) is 5.90. The number of fused-ring (bicyclic) bond motifs is 1. The number of aromatic nitrogens is 1. The van der Waals surface area contributed by atoms with Crippen LogP contribution in [0.15, 0.2) is 86.8 Å². The van der Waals surface area contributed by atoms with E-state index in [1.165, 1.54) is 6.21 Å². The van der Waals surface area contributed by atoms with Crippen molar-refractivity contribution in [3.05, 3.63) is 92.9 Å². The number of carbonyl (C=O) groups is 1. The zero-order chi connectivity index (χ0) is 21.1. The normalized spacial score (nSPS) is 11.1. The van der Waals surface area contributed by atoms with Gasteiger partial charge in [-0.2, -0.15) is 5.10 Å². The molecule has 0 bridgehead atoms. The van der Waals surface area contributed by atoms with Crippen molar-refractivity contribution in [1.82, 2.24) is 10.4 Å². The van der Waals surface area contributed by atoms with E-state index in [4.69, 9.17) is 4.98 Å². The third kappa shape index (κ3) is 4.27. The summed E-state index contributed by atoms with van der Waals surface area (Å²) in [6.07, 6.45) is 1.51. The molecule has 0 aliphatic carbocycles. The lowest BCUT2D eigenvalue weighted by molar-refractivity contribution is 0.0956. The van der Waals surface area contributed by atoms with E-state index < -0.39 is 0 Å². The van der Waals surface area contributed by atoms with Crippen LogP contribution in [0.3, 0.4) is 0 Å². The number of pyridine rings is 1. The quantitative estimate of drug-likeness (QED) is 0.258. The van der Waals surface area contributed by atoms with Crippen LogP contribution < -0.4 is 5.43 Å². The molecule has 148 valence electrons. The van der Waals surface area contributed by atoms with Gasteiger partial charge in [-0.1, -0.05) is 48.5 Å². The van der Waals surface area contributed by atoms with Crippen molar-refractivity contribution in [3.63, 3.8) is 0 Å². The van der Waals surface area contributed by atoms with Crippen molar-refractivity contribution in [1.29, 1.82) is 0 Å². The maximum Gasteiger partial charge on any atom is 0.272 e. The van der Waals surface area contributed by atoms with Crippen LogP contribution in [0.4, 0.5) is 0 Å². The molecule has 0 unspecified atom stereocenters. The molecule has 1 aromatic heterocycles. The summed E-state index contributed by atoms with van der Waals surface area (Å²) in [5.74, 6) is -0.230. The molecule has 0 aliphatic heterocycles. The van der Waals surface area contributed by atoms with Crippen LogP contribution in [0.1, 0.15) is 15.9 Å². The van der Waals surface area contributed by atoms with Crippen molar-refractivity contribution in [3.8, 4) is 17.0 Å². The highest BCUT2D eigenvalue weighted by molar-refractivity contribution is 9.11. The predicted molar refractivity (Wildman–Crippen MR) is 126 cm³/mol. The van der Waals surface area contributed by atoms with Crippen LogP contribution in [-0.4, -0.2) is 22.2 Å². The van der Waals surface area contributed by atoms with Gasteiger partial charge in [0, 0.05) is 10.9 Å². The van der Waals surface area contributed by atoms with Crippen LogP contribution in [0, 0.1) is 0 Å². The maximum atomic E-state index is 12.9. The molecule has 30 heavy (non-hydrogen) atoms. The highest BCUT2D eigenvalue weighted by Crippen LogP contribution is 2.32. The first-order valence-electron chi connectivity index (χ1n) is 8.99. The molecular weight excluding hydrogens is 510 g/mol. The van der Waals surface area contributed by atoms with Gasteiger partial charge in [0.05, 0.1) is 31.9 Å². The number of phenolic OH excluding ortho intramolecular Hbond substituents is 1. The number of halogens is 2. The number of amides is 1. The molecule has 7 heteroatoms. The summed E-state index contributed by atoms with van der Waals surface area (Å²) in [4.78, 5) is 17.6. The van der Waals surface area contributed by atoms with Gasteiger partial charge in [-0.3, -0.25) is 4.79 Å². The molecule has 2 N–H and O–H groups in total. The van der Waals surface area contributed by atoms with Crippen LogP contribution in [0.2, 0.25) is 0 Å². The number of rotatable bonds is 4. The monoisotopic (exact) mass is 523 g/mol. The first-order valence-corrected chi connectivity index (χ1v) is 10.6. The second kappa shape index (κ2) is 8.77. The number of hydrazone groups is 1. The van der Waals surface area contributed by atoms with Gasteiger partial charge < -0.3 is 5.11 Å². The Morgan fingerprint density at radius 3 is 2.37 bits per heavy atom. The minimum absolute atomic E-state index is 0.105. The van der Waals surface area contributed by atoms with E-state index in [0.29, 0.717) is 20.1 Å². The van der Waals surface area contributed by atoms with E-state index in [1.54, 1.807) is 18.2 Å². The van der Waals surface area contributed by atoms with Crippen molar-refractivity contribution in [2.24, 2.45) is 5.10 Å². The number of hydrogen-bond acceptors (Lipinski definition) is 4. The Hall–Kier alpha value is -3.03. The molecule has 4 rings (SSSR count). The molecule has 4 aromatic rings. The Labute approximate surface area is 189 Å². The van der Waals surface area contributed by atoms with Crippen molar-refractivity contribution < 1.29 is 9.90 Å². The number of para-hydroxylation sites is 1. The number of phenols is 1. The van der Waals surface area contributed by atoms with Gasteiger partial charge in [-0.05, 0) is 61.7 Å². The first kappa shape index (κ1) is 20.3. The first-order chi connectivity index (χ1) is 14.5. The van der Waals surface area contributed by atoms with E-state index in [1.807, 2.05) is 54.6 Å². The van der Waals surface area contributed by atoms with E-state index in [-0.39, 0.29) is 11.7 Å². The second-order valence-electron chi connectivity index (χ2n) is 6.47. The summed E-state index contributed by atoms with van der Waals surface area (Å²) in [5, 5.41) is 14.6. The summed E-state index contributed by atoms with van der Waals surface area (Å²) in [6, 6.07) is 22.4. The topological polar surface area (TPSA) is 74.6 Å². The van der Waals surface area contributed by atoms with E-state index in [0.717, 1.165) is 22.2 Å². The number of hydrogen-bond donors (Lipinski definition) is 2. The van der Waals surface area contributed by atoms with Gasteiger partial charge >= 0.3 is 0 Å². The van der Waals surface area contributed by atoms with Gasteiger partial charge in [0.1, 0.15) is 5.75 Å². The molecule has 3 aromatic carbocycles. The largest absolute Gasteiger partial charge is 0.506 e. The Balaban J connectivity index is 1.66. The summed E-state index contributed by atoms with van der Waals surface area (Å²) in [7, 11) is 0. The average Bonchev–Trinajstić information content (AvgIpc) is 2.77. The lowest BCUT2D eigenvalue weighted by Gasteiger charge is -2.09. The SMILES string of the molecule is O=C(NN=Cc1cc(Br)c(O)c(Br)c1)c1cc(-c2ccccc2)nc2ccccc12. The minimum atomic E-state index is -0.334. The third-order valence-electron chi connectivity index (χ3n) is 4.45. The molecular formula is C23H15Br2N3O2. The number of aromatic hydroxyl groups is 1. The standard InChI is InChI=1S/C23H15Br2N3O2/c24-18-10-14(11-19(25)22(18)29)13-26-28-23(30)17-12-21(15-6-2-1-3-7-15)27-20-9-5-4-8-16(17)20/h1-13,29H,(H,28,30). The van der Waals surface area contributed by atoms with Crippen LogP contribution >= 0.6 is 31.9 Å². The van der Waals surface area contributed by atoms with Crippen molar-refractivity contribution in [2.75, 3.05) is 0 Å². The maximum absolute atomic E-state index is 12.9. The van der Waals surface area contributed by atoms with Gasteiger partial charge in [-0.15, -0.1) is 0 Å². The fourth-order valence-electron chi connectivity index (χ4n) is 3.01. The number of carbonyl (C=O) groups excluding carboxylic acids is 1. The Bertz CT molecular complexity index is 1250. The minimum Gasteiger partial charge on any atom is -0.506 e. The Morgan fingerprint density at radius 1 is 0.967 bits per heavy atom. The van der Waals surface area contributed by atoms with Gasteiger partial charge in [-0.25, -0.2) is 10.4 Å². The summed E-state index contributed by atoms with van der Waals surface area (Å²) in [5.41, 5.74) is 6.16. The molecule has 1 heterocycles. The molecule has 0 aliphatic rings. The van der Waals surface area contributed by atoms with Crippen LogP contribution in [0.25, 0.3) is 22.2 Å². The summed E-state index contributed by atoms with van der Waals surface area (Å²) >= 11 is 6.55. The molecule has 1 amide bonds. The second-order valence-corrected chi connectivity index (χ2v) is 8.18. The zero-order valence-corrected chi connectivity index (χ0v) is 18.7. The van der Waals surface area contributed by atoms with Crippen LogP contribution in [-0.2, 0) is 0 Å². The number of nitrogens with one attached hydrogen (secondary N) is 1. The third-order valence-corrected chi connectivity index (χ3v) is 5.66. The molecule has 0 fully saturated rings. The molecule has 0 radical (unpaired) electrons. The molecule has 0 spiro atoms. The molecule has 0 atom stereocenters. The smallest absolute Gasteiger partial charge is 0.272 e. The number of nitrogens with zero attached hydrogens (tertiary/aromatic N) is 2. The van der Waals surface area contributed by atoms with Crippen LogP contribution in [0.5, 0.6) is 5.75 Å². The highest BCUT2D eigenvalue weighted by Gasteiger charge is 2.13. The number of benzene rings is 3. The van der Waals surface area contributed by atoms with Crippen molar-refractivity contribution in [2.45, 2.75) is 0 Å². The highest BCUT2D eigenvalue weighted by atomic mass is 79.9. The fraction of sp³-hybridized carbons (Fsp3) is 0. The lowest BCUT2D eigenvalue weighted by atomic mass is 10.0. The lowest BCUT2D eigenvalue weighted by Crippen LogP contribution is -2.18. The summed E-state index contributed by atoms with van der Waals surface area (Å²) in [6.45, 7) is 0. The van der Waals surface area contributed by atoms with Gasteiger partial charge in [0.2, 0.25) is 0 Å². The van der Waals surface area contributed by atoms with E-state index >= 15 is 0 Å². The Morgan fingerprint density at radius 2 is 1.63 bits per heavy atom. The Kier molecular flexibility index (Phi) is 5.92. The average molecular weight is 525 g/mol. The van der Waals surface area contributed by atoms with E-state index in [9.17, 15) is 9.90 Å². The zero-order valence-electron chi connectivity index (χ0n) is 15.5. The van der Waals surface area contributed by atoms with Gasteiger partial charge in [0.15, 0.2) is 0 Å². The molecule has 0 saturated heterocycles. The van der Waals surface area contributed by atoms with Gasteiger partial charge in [0.25, 0.3) is 5.91 Å². The van der Waals surface area contributed by atoms with Crippen molar-refractivity contribution >= 4 is 54.9 Å². The van der Waals surface area contributed by atoms with E-state index in [2.05, 4.69) is 42.4 Å². The fourth-order valence-corrected chi connectivity index (χ4v) is 4.23.